The zero-order valence-corrected chi connectivity index (χ0v) is 14.6. The number of nitrogens with zero attached hydrogens (tertiary/aromatic N) is 3. The van der Waals surface area contributed by atoms with E-state index in [1.54, 1.807) is 0 Å². The van der Waals surface area contributed by atoms with Crippen LogP contribution >= 0.6 is 0 Å². The fraction of sp³-hybridized carbons (Fsp3) is 0.684. The molecule has 0 radical (unpaired) electrons. The lowest BCUT2D eigenvalue weighted by Gasteiger charge is -2.41. The van der Waals surface area contributed by atoms with E-state index in [9.17, 15) is 4.79 Å². The number of carbonyl (C=O) groups is 1. The summed E-state index contributed by atoms with van der Waals surface area (Å²) in [4.78, 5) is 22.1. The number of amides is 1. The molecule has 0 unspecified atom stereocenters. The van der Waals surface area contributed by atoms with Gasteiger partial charge in [0.15, 0.2) is 0 Å². The van der Waals surface area contributed by atoms with Crippen LogP contribution in [0.25, 0.3) is 0 Å². The molecule has 1 aliphatic carbocycles. The van der Waals surface area contributed by atoms with Gasteiger partial charge in [0.05, 0.1) is 12.1 Å². The van der Waals surface area contributed by atoms with Gasteiger partial charge >= 0.3 is 0 Å². The van der Waals surface area contributed by atoms with Gasteiger partial charge in [0.2, 0.25) is 0 Å². The predicted molar refractivity (Wildman–Crippen MR) is 91.9 cm³/mol. The highest BCUT2D eigenvalue weighted by atomic mass is 16.5. The van der Waals surface area contributed by atoms with Crippen LogP contribution in [0.4, 0.5) is 0 Å². The SMILES string of the molecule is CO[C@@H]1CCN(C(=O)c2cccc(C)n2)[C@H]2CN(CC3CC3)C[C@@H]12. The second-order valence-electron chi connectivity index (χ2n) is 7.62. The third-order valence-electron chi connectivity index (χ3n) is 5.83. The Morgan fingerprint density at radius 2 is 2.12 bits per heavy atom. The first kappa shape index (κ1) is 16.0. The molecule has 0 N–H and O–H groups in total. The zero-order chi connectivity index (χ0) is 16.7. The summed E-state index contributed by atoms with van der Waals surface area (Å²) in [6.45, 7) is 5.94. The van der Waals surface area contributed by atoms with Crippen molar-refractivity contribution < 1.29 is 9.53 Å². The molecule has 0 spiro atoms. The van der Waals surface area contributed by atoms with Crippen molar-refractivity contribution in [2.75, 3.05) is 33.3 Å². The van der Waals surface area contributed by atoms with Crippen LogP contribution in [0.2, 0.25) is 0 Å². The number of fused-ring (bicyclic) bond motifs is 1. The fourth-order valence-electron chi connectivity index (χ4n) is 4.40. The standard InChI is InChI=1S/C19H27N3O2/c1-13-4-3-5-16(20-13)19(23)22-9-8-18(24-2)15-11-21(12-17(15)22)10-14-6-7-14/h3-5,14-15,17-18H,6-12H2,1-2H3/t15-,17+,18-/m1/s1. The highest BCUT2D eigenvalue weighted by molar-refractivity contribution is 5.92. The Labute approximate surface area is 144 Å². The third-order valence-corrected chi connectivity index (χ3v) is 5.83. The molecule has 5 nitrogen and oxygen atoms in total. The van der Waals surface area contributed by atoms with E-state index in [2.05, 4.69) is 14.8 Å². The molecule has 1 aromatic heterocycles. The minimum Gasteiger partial charge on any atom is -0.381 e. The maximum absolute atomic E-state index is 13.0. The molecule has 3 heterocycles. The molecule has 0 bridgehead atoms. The molecule has 130 valence electrons. The largest absolute Gasteiger partial charge is 0.381 e. The molecule has 3 aliphatic rings. The second-order valence-corrected chi connectivity index (χ2v) is 7.62. The molecule has 0 aromatic carbocycles. The quantitative estimate of drug-likeness (QED) is 0.847. The van der Waals surface area contributed by atoms with Crippen LogP contribution in [0.5, 0.6) is 0 Å². The molecule has 3 atom stereocenters. The van der Waals surface area contributed by atoms with Gasteiger partial charge in [0.25, 0.3) is 5.91 Å². The molecular weight excluding hydrogens is 302 g/mol. The van der Waals surface area contributed by atoms with Crippen LogP contribution in [0.1, 0.15) is 35.4 Å². The van der Waals surface area contributed by atoms with E-state index in [4.69, 9.17) is 4.74 Å². The highest BCUT2D eigenvalue weighted by Gasteiger charge is 2.47. The number of ether oxygens (including phenoxy) is 1. The van der Waals surface area contributed by atoms with Crippen LogP contribution in [-0.4, -0.2) is 66.1 Å². The lowest BCUT2D eigenvalue weighted by Crippen LogP contribution is -2.53. The molecule has 2 aliphatic heterocycles. The molecule has 5 heteroatoms. The third kappa shape index (κ3) is 3.07. The molecule has 4 rings (SSSR count). The number of likely N-dealkylation sites (tertiary alicyclic amines) is 2. The maximum atomic E-state index is 13.0. The van der Waals surface area contributed by atoms with Crippen molar-refractivity contribution in [3.8, 4) is 0 Å². The van der Waals surface area contributed by atoms with Crippen molar-refractivity contribution in [3.05, 3.63) is 29.6 Å². The van der Waals surface area contributed by atoms with E-state index < -0.39 is 0 Å². The van der Waals surface area contributed by atoms with Gasteiger partial charge in [0, 0.05) is 44.9 Å². The summed E-state index contributed by atoms with van der Waals surface area (Å²) in [5.74, 6) is 1.39. The Hall–Kier alpha value is -1.46. The number of carbonyl (C=O) groups excluding carboxylic acids is 1. The average Bonchev–Trinajstić information content (AvgIpc) is 3.29. The van der Waals surface area contributed by atoms with Crippen LogP contribution in [-0.2, 0) is 4.74 Å². The summed E-state index contributed by atoms with van der Waals surface area (Å²) >= 11 is 0. The first-order chi connectivity index (χ1) is 11.7. The van der Waals surface area contributed by atoms with Gasteiger partial charge in [-0.15, -0.1) is 0 Å². The fourth-order valence-corrected chi connectivity index (χ4v) is 4.40. The summed E-state index contributed by atoms with van der Waals surface area (Å²) in [7, 11) is 1.81. The van der Waals surface area contributed by atoms with Gasteiger partial charge in [-0.25, -0.2) is 4.98 Å². The maximum Gasteiger partial charge on any atom is 0.272 e. The Kier molecular flexibility index (Phi) is 4.31. The van der Waals surface area contributed by atoms with E-state index in [1.165, 1.54) is 19.4 Å². The molecule has 24 heavy (non-hydrogen) atoms. The smallest absolute Gasteiger partial charge is 0.272 e. The number of aromatic nitrogens is 1. The summed E-state index contributed by atoms with van der Waals surface area (Å²) < 4.78 is 5.75. The van der Waals surface area contributed by atoms with E-state index in [0.717, 1.165) is 37.7 Å². The minimum atomic E-state index is 0.0801. The molecule has 1 amide bonds. The summed E-state index contributed by atoms with van der Waals surface area (Å²) in [5, 5.41) is 0. The molecule has 1 saturated carbocycles. The van der Waals surface area contributed by atoms with Crippen molar-refractivity contribution in [3.63, 3.8) is 0 Å². The summed E-state index contributed by atoms with van der Waals surface area (Å²) in [6, 6.07) is 5.95. The number of piperidine rings is 1. The Morgan fingerprint density at radius 1 is 1.29 bits per heavy atom. The van der Waals surface area contributed by atoms with Crippen LogP contribution in [0.15, 0.2) is 18.2 Å². The van der Waals surface area contributed by atoms with E-state index >= 15 is 0 Å². The van der Waals surface area contributed by atoms with Gasteiger partial charge in [-0.1, -0.05) is 6.07 Å². The average molecular weight is 329 g/mol. The molecule has 3 fully saturated rings. The van der Waals surface area contributed by atoms with Gasteiger partial charge in [0.1, 0.15) is 5.69 Å². The van der Waals surface area contributed by atoms with Gasteiger partial charge in [-0.3, -0.25) is 4.79 Å². The van der Waals surface area contributed by atoms with Gasteiger partial charge in [-0.05, 0) is 44.2 Å². The van der Waals surface area contributed by atoms with Gasteiger partial charge < -0.3 is 14.5 Å². The first-order valence-corrected chi connectivity index (χ1v) is 9.15. The van der Waals surface area contributed by atoms with Crippen LogP contribution in [0, 0.1) is 18.8 Å². The van der Waals surface area contributed by atoms with E-state index in [1.807, 2.05) is 32.2 Å². The first-order valence-electron chi connectivity index (χ1n) is 9.15. The molecular formula is C19H27N3O2. The number of hydrogen-bond acceptors (Lipinski definition) is 4. The van der Waals surface area contributed by atoms with E-state index in [0.29, 0.717) is 11.6 Å². The van der Waals surface area contributed by atoms with Crippen molar-refractivity contribution in [1.82, 2.24) is 14.8 Å². The highest BCUT2D eigenvalue weighted by Crippen LogP contribution is 2.36. The minimum absolute atomic E-state index is 0.0801. The van der Waals surface area contributed by atoms with Crippen molar-refractivity contribution in [1.29, 1.82) is 0 Å². The predicted octanol–water partition coefficient (Wildman–Crippen LogP) is 1.96. The normalized spacial score (nSPS) is 30.4. The molecule has 2 saturated heterocycles. The van der Waals surface area contributed by atoms with Crippen molar-refractivity contribution in [2.24, 2.45) is 11.8 Å². The van der Waals surface area contributed by atoms with Crippen molar-refractivity contribution in [2.45, 2.75) is 38.3 Å². The number of rotatable bonds is 4. The summed E-state index contributed by atoms with van der Waals surface area (Å²) in [6.07, 6.45) is 3.94. The Balaban J connectivity index is 1.53. The topological polar surface area (TPSA) is 45.7 Å². The lowest BCUT2D eigenvalue weighted by atomic mass is 9.88. The van der Waals surface area contributed by atoms with Gasteiger partial charge in [-0.2, -0.15) is 0 Å². The lowest BCUT2D eigenvalue weighted by molar-refractivity contribution is -0.0158. The number of methoxy groups -OCH3 is 1. The van der Waals surface area contributed by atoms with Crippen molar-refractivity contribution >= 4 is 5.91 Å². The Morgan fingerprint density at radius 3 is 2.83 bits per heavy atom. The van der Waals surface area contributed by atoms with Crippen LogP contribution < -0.4 is 0 Å². The Bertz CT molecular complexity index is 616. The molecule has 1 aromatic rings. The number of aryl methyl sites for hydroxylation is 1. The number of pyridine rings is 1. The second kappa shape index (κ2) is 6.45. The van der Waals surface area contributed by atoms with Crippen LogP contribution in [0.3, 0.4) is 0 Å². The monoisotopic (exact) mass is 329 g/mol. The van der Waals surface area contributed by atoms with E-state index in [-0.39, 0.29) is 18.1 Å². The summed E-state index contributed by atoms with van der Waals surface area (Å²) in [5.41, 5.74) is 1.47. The number of hydrogen-bond donors (Lipinski definition) is 0. The zero-order valence-electron chi connectivity index (χ0n) is 14.6.